The van der Waals surface area contributed by atoms with Gasteiger partial charge in [-0.3, -0.25) is 4.79 Å². The third-order valence-corrected chi connectivity index (χ3v) is 4.22. The van der Waals surface area contributed by atoms with Crippen molar-refractivity contribution in [2.75, 3.05) is 13.1 Å². The molecule has 0 aromatic rings. The molecule has 0 N–H and O–H groups in total. The van der Waals surface area contributed by atoms with E-state index in [1.807, 2.05) is 0 Å². The molecule has 0 unspecified atom stereocenters. The van der Waals surface area contributed by atoms with Crippen LogP contribution in [0.25, 0.3) is 0 Å². The van der Waals surface area contributed by atoms with E-state index in [1.165, 1.54) is 0 Å². The second kappa shape index (κ2) is 6.90. The Labute approximate surface area is 144 Å². The first-order valence-electron chi connectivity index (χ1n) is 7.32. The van der Waals surface area contributed by atoms with Crippen LogP contribution in [0.3, 0.4) is 0 Å². The van der Waals surface area contributed by atoms with Crippen molar-refractivity contribution >= 4 is 5.91 Å². The van der Waals surface area contributed by atoms with Crippen LogP contribution in [0.2, 0.25) is 0 Å². The highest BCUT2D eigenvalue weighted by molar-refractivity contribution is 5.85. The summed E-state index contributed by atoms with van der Waals surface area (Å²) in [6.07, 6.45) is -5.56. The Bertz CT molecular complexity index is 553. The first kappa shape index (κ1) is 23.7. The molecule has 0 bridgehead atoms. The Hall–Kier alpha value is -1.37. The van der Waals surface area contributed by atoms with E-state index in [9.17, 15) is 57.5 Å². The van der Waals surface area contributed by atoms with Gasteiger partial charge in [0.15, 0.2) is 0 Å². The number of halogens is 12. The molecule has 0 spiro atoms. The van der Waals surface area contributed by atoms with Crippen molar-refractivity contribution in [2.24, 2.45) is 5.92 Å². The average molecular weight is 427 g/mol. The fourth-order valence-corrected chi connectivity index (χ4v) is 2.29. The van der Waals surface area contributed by atoms with Gasteiger partial charge in [0.05, 0.1) is 0 Å². The molecule has 0 radical (unpaired) electrons. The highest BCUT2D eigenvalue weighted by atomic mass is 19.4. The fraction of sp³-hybridized carbons (Fsp3) is 0.923. The Kier molecular flexibility index (Phi) is 6.05. The number of nitrogens with zero attached hydrogens (tertiary/aromatic N) is 1. The summed E-state index contributed by atoms with van der Waals surface area (Å²) < 4.78 is 157. The van der Waals surface area contributed by atoms with Crippen LogP contribution in [0.15, 0.2) is 0 Å². The summed E-state index contributed by atoms with van der Waals surface area (Å²) in [7, 11) is 0. The number of alkyl halides is 12. The number of piperidine rings is 1. The van der Waals surface area contributed by atoms with Crippen LogP contribution in [0.4, 0.5) is 52.7 Å². The number of amides is 1. The first-order valence-corrected chi connectivity index (χ1v) is 7.32. The van der Waals surface area contributed by atoms with Gasteiger partial charge in [-0.15, -0.1) is 0 Å². The smallest absolute Gasteiger partial charge is 0.337 e. The molecule has 1 fully saturated rings. The number of hydrogen-bond donors (Lipinski definition) is 0. The third-order valence-electron chi connectivity index (χ3n) is 4.22. The number of carbonyl (C=O) groups is 1. The van der Waals surface area contributed by atoms with E-state index in [0.717, 1.165) is 0 Å². The predicted octanol–water partition coefficient (Wildman–Crippen LogP) is 4.69. The van der Waals surface area contributed by atoms with Crippen LogP contribution in [0, 0.1) is 5.92 Å². The minimum atomic E-state index is -7.68. The zero-order valence-electron chi connectivity index (χ0n) is 13.4. The molecule has 1 heterocycles. The molecule has 1 aliphatic heterocycles. The molecule has 2 nitrogen and oxygen atoms in total. The van der Waals surface area contributed by atoms with E-state index in [2.05, 4.69) is 0 Å². The van der Waals surface area contributed by atoms with Crippen molar-refractivity contribution < 1.29 is 57.5 Å². The Morgan fingerprint density at radius 1 is 0.815 bits per heavy atom. The van der Waals surface area contributed by atoms with Gasteiger partial charge in [0.25, 0.3) is 5.91 Å². The van der Waals surface area contributed by atoms with Crippen LogP contribution >= 0.6 is 0 Å². The van der Waals surface area contributed by atoms with Crippen molar-refractivity contribution in [3.63, 3.8) is 0 Å². The maximum absolute atomic E-state index is 13.7. The summed E-state index contributed by atoms with van der Waals surface area (Å²) in [6.45, 7) is 0.400. The number of carbonyl (C=O) groups excluding carboxylic acids is 1. The van der Waals surface area contributed by atoms with Crippen molar-refractivity contribution in [3.8, 4) is 0 Å². The molecule has 0 aromatic heterocycles. The minimum absolute atomic E-state index is 0.00337. The molecular formula is C13H13F12NO. The van der Waals surface area contributed by atoms with E-state index in [-0.39, 0.29) is 23.7 Å². The van der Waals surface area contributed by atoms with Crippen LogP contribution in [-0.2, 0) is 4.79 Å². The molecule has 0 atom stereocenters. The molecule has 1 saturated heterocycles. The third kappa shape index (κ3) is 3.43. The Morgan fingerprint density at radius 3 is 1.59 bits per heavy atom. The summed E-state index contributed by atoms with van der Waals surface area (Å²) in [5.74, 6) is -39.4. The number of likely N-dealkylation sites (tertiary alicyclic amines) is 1. The van der Waals surface area contributed by atoms with Crippen LogP contribution in [-0.4, -0.2) is 59.9 Å². The minimum Gasteiger partial charge on any atom is -0.337 e. The lowest BCUT2D eigenvalue weighted by molar-refractivity contribution is -0.407. The summed E-state index contributed by atoms with van der Waals surface area (Å²) >= 11 is 0. The number of rotatable bonds is 6. The summed E-state index contributed by atoms with van der Waals surface area (Å²) in [5, 5.41) is 0. The monoisotopic (exact) mass is 427 g/mol. The maximum Gasteiger partial charge on any atom is 0.392 e. The second-order valence-corrected chi connectivity index (χ2v) is 6.20. The van der Waals surface area contributed by atoms with Gasteiger partial charge in [-0.25, -0.2) is 8.78 Å². The molecule has 1 rings (SSSR count). The molecule has 14 heteroatoms. The molecular weight excluding hydrogens is 414 g/mol. The van der Waals surface area contributed by atoms with Gasteiger partial charge in [0.1, 0.15) is 0 Å². The normalized spacial score (nSPS) is 19.0. The molecule has 1 amide bonds. The van der Waals surface area contributed by atoms with Crippen LogP contribution in [0.5, 0.6) is 0 Å². The lowest BCUT2D eigenvalue weighted by Crippen LogP contribution is -2.71. The van der Waals surface area contributed by atoms with Gasteiger partial charge >= 0.3 is 36.0 Å². The molecule has 27 heavy (non-hydrogen) atoms. The second-order valence-electron chi connectivity index (χ2n) is 6.20. The zero-order chi connectivity index (χ0) is 21.6. The fourth-order valence-electron chi connectivity index (χ4n) is 2.29. The van der Waals surface area contributed by atoms with Gasteiger partial charge in [0.2, 0.25) is 0 Å². The standard InChI is InChI=1S/C13H13F12NO/c1-6-2-4-26(5-3-6)8(27)10(18,19)12(22,23)13(24,25)11(20,21)9(16,17)7(14)15/h6-7H,2-5H2,1H3. The Morgan fingerprint density at radius 2 is 1.22 bits per heavy atom. The maximum atomic E-state index is 13.7. The predicted molar refractivity (Wildman–Crippen MR) is 65.7 cm³/mol. The average Bonchev–Trinajstić information content (AvgIpc) is 2.53. The molecule has 0 saturated carbocycles. The van der Waals surface area contributed by atoms with Crippen molar-refractivity contribution in [3.05, 3.63) is 0 Å². The lowest BCUT2D eigenvalue weighted by Gasteiger charge is -2.40. The zero-order valence-corrected chi connectivity index (χ0v) is 13.4. The lowest BCUT2D eigenvalue weighted by atomic mass is 9.92. The van der Waals surface area contributed by atoms with Gasteiger partial charge in [-0.2, -0.15) is 43.9 Å². The van der Waals surface area contributed by atoms with Crippen molar-refractivity contribution in [1.29, 1.82) is 0 Å². The van der Waals surface area contributed by atoms with Gasteiger partial charge < -0.3 is 4.90 Å². The van der Waals surface area contributed by atoms with E-state index in [1.54, 1.807) is 6.92 Å². The highest BCUT2D eigenvalue weighted by Gasteiger charge is 2.89. The van der Waals surface area contributed by atoms with E-state index in [4.69, 9.17) is 0 Å². The topological polar surface area (TPSA) is 20.3 Å². The van der Waals surface area contributed by atoms with Gasteiger partial charge in [-0.1, -0.05) is 6.92 Å². The van der Waals surface area contributed by atoms with Gasteiger partial charge in [0, 0.05) is 13.1 Å². The van der Waals surface area contributed by atoms with Crippen LogP contribution in [0.1, 0.15) is 19.8 Å². The Balaban J connectivity index is 3.29. The van der Waals surface area contributed by atoms with E-state index >= 15 is 0 Å². The first-order chi connectivity index (χ1) is 11.9. The molecule has 1 aliphatic rings. The molecule has 0 aliphatic carbocycles. The SMILES string of the molecule is CC1CCN(C(=O)C(F)(F)C(F)(F)C(F)(F)C(F)(F)C(F)(F)C(F)F)CC1. The highest BCUT2D eigenvalue weighted by Crippen LogP contribution is 2.58. The summed E-state index contributed by atoms with van der Waals surface area (Å²) in [4.78, 5) is 11.5. The van der Waals surface area contributed by atoms with Crippen molar-refractivity contribution in [2.45, 2.75) is 55.8 Å². The molecule has 0 aromatic carbocycles. The quantitative estimate of drug-likeness (QED) is 0.564. The number of hydrogen-bond acceptors (Lipinski definition) is 1. The largest absolute Gasteiger partial charge is 0.392 e. The summed E-state index contributed by atoms with van der Waals surface area (Å²) in [6, 6.07) is 0. The van der Waals surface area contributed by atoms with Crippen molar-refractivity contribution in [1.82, 2.24) is 4.90 Å². The summed E-state index contributed by atoms with van der Waals surface area (Å²) in [5.41, 5.74) is 0. The van der Waals surface area contributed by atoms with Gasteiger partial charge in [-0.05, 0) is 18.8 Å². The van der Waals surface area contributed by atoms with E-state index < -0.39 is 55.0 Å². The molecule has 160 valence electrons. The van der Waals surface area contributed by atoms with Crippen LogP contribution < -0.4 is 0 Å². The van der Waals surface area contributed by atoms with E-state index in [0.29, 0.717) is 0 Å².